The van der Waals surface area contributed by atoms with Crippen molar-refractivity contribution >= 4 is 5.91 Å². The number of primary amides is 1. The van der Waals surface area contributed by atoms with E-state index in [4.69, 9.17) is 10.5 Å². The summed E-state index contributed by atoms with van der Waals surface area (Å²) in [6, 6.07) is 0.682. The van der Waals surface area contributed by atoms with Gasteiger partial charge in [-0.25, -0.2) is 0 Å². The van der Waals surface area contributed by atoms with E-state index in [2.05, 4.69) is 24.1 Å². The average molecular weight is 255 g/mol. The van der Waals surface area contributed by atoms with E-state index in [1.165, 1.54) is 12.8 Å². The Bertz CT molecular complexity index is 294. The lowest BCUT2D eigenvalue weighted by atomic mass is 10.1. The molecule has 0 spiro atoms. The standard InChI is InChI=1S/C13H25N3O2/c1-3-11-8-18-9(2)6-16(11)7-12(13(14)17)15-10-4-5-10/h9-12,15H,3-8H2,1-2H3,(H2,14,17). The van der Waals surface area contributed by atoms with Crippen molar-refractivity contribution in [3.05, 3.63) is 0 Å². The number of nitrogens with two attached hydrogens (primary N) is 1. The molecular weight excluding hydrogens is 230 g/mol. The van der Waals surface area contributed by atoms with Crippen LogP contribution in [0.2, 0.25) is 0 Å². The van der Waals surface area contributed by atoms with Crippen molar-refractivity contribution in [1.29, 1.82) is 0 Å². The lowest BCUT2D eigenvalue weighted by Crippen LogP contribution is -2.56. The Kier molecular flexibility index (Phi) is 4.59. The Balaban J connectivity index is 1.91. The van der Waals surface area contributed by atoms with Crippen LogP contribution in [-0.4, -0.2) is 54.7 Å². The smallest absolute Gasteiger partial charge is 0.235 e. The van der Waals surface area contributed by atoms with Gasteiger partial charge in [-0.15, -0.1) is 0 Å². The number of hydrogen-bond donors (Lipinski definition) is 2. The molecule has 1 heterocycles. The first-order valence-corrected chi connectivity index (χ1v) is 7.01. The third kappa shape index (κ3) is 3.67. The predicted octanol–water partition coefficient (Wildman–Crippen LogP) is 0.0916. The second-order valence-electron chi connectivity index (χ2n) is 5.56. The topological polar surface area (TPSA) is 67.6 Å². The van der Waals surface area contributed by atoms with Gasteiger partial charge in [0.05, 0.1) is 18.8 Å². The SMILES string of the molecule is CCC1COC(C)CN1CC(NC1CC1)C(N)=O. The van der Waals surface area contributed by atoms with Crippen LogP contribution in [-0.2, 0) is 9.53 Å². The van der Waals surface area contributed by atoms with Gasteiger partial charge in [0.2, 0.25) is 5.91 Å². The van der Waals surface area contributed by atoms with Crippen molar-refractivity contribution in [3.63, 3.8) is 0 Å². The van der Waals surface area contributed by atoms with Crippen LogP contribution in [0.25, 0.3) is 0 Å². The molecular formula is C13H25N3O2. The van der Waals surface area contributed by atoms with Gasteiger partial charge in [-0.3, -0.25) is 9.69 Å². The van der Waals surface area contributed by atoms with Gasteiger partial charge in [0.25, 0.3) is 0 Å². The number of hydrogen-bond acceptors (Lipinski definition) is 4. The molecule has 1 saturated heterocycles. The van der Waals surface area contributed by atoms with E-state index in [0.29, 0.717) is 18.6 Å². The molecule has 18 heavy (non-hydrogen) atoms. The van der Waals surface area contributed by atoms with Gasteiger partial charge < -0.3 is 15.8 Å². The van der Waals surface area contributed by atoms with E-state index in [-0.39, 0.29) is 18.1 Å². The Morgan fingerprint density at radius 3 is 2.83 bits per heavy atom. The number of rotatable bonds is 6. The van der Waals surface area contributed by atoms with Crippen molar-refractivity contribution in [2.24, 2.45) is 5.73 Å². The van der Waals surface area contributed by atoms with Crippen LogP contribution in [0.5, 0.6) is 0 Å². The molecule has 3 N–H and O–H groups in total. The van der Waals surface area contributed by atoms with Crippen molar-refractivity contribution in [2.45, 2.75) is 57.3 Å². The van der Waals surface area contributed by atoms with Crippen LogP contribution >= 0.6 is 0 Å². The molecule has 104 valence electrons. The van der Waals surface area contributed by atoms with Gasteiger partial charge in [0, 0.05) is 25.2 Å². The van der Waals surface area contributed by atoms with Crippen LogP contribution in [0.3, 0.4) is 0 Å². The minimum Gasteiger partial charge on any atom is -0.376 e. The normalized spacial score (nSPS) is 31.2. The van der Waals surface area contributed by atoms with Gasteiger partial charge in [0.15, 0.2) is 0 Å². The van der Waals surface area contributed by atoms with Gasteiger partial charge in [-0.1, -0.05) is 6.92 Å². The highest BCUT2D eigenvalue weighted by Crippen LogP contribution is 2.20. The van der Waals surface area contributed by atoms with Crippen LogP contribution in [0.1, 0.15) is 33.1 Å². The number of nitrogens with one attached hydrogen (secondary N) is 1. The van der Waals surface area contributed by atoms with E-state index in [9.17, 15) is 4.79 Å². The molecule has 3 unspecified atom stereocenters. The number of amides is 1. The fourth-order valence-corrected chi connectivity index (χ4v) is 2.51. The maximum absolute atomic E-state index is 11.5. The zero-order valence-corrected chi connectivity index (χ0v) is 11.4. The first-order valence-electron chi connectivity index (χ1n) is 7.01. The lowest BCUT2D eigenvalue weighted by Gasteiger charge is -2.39. The monoisotopic (exact) mass is 255 g/mol. The summed E-state index contributed by atoms with van der Waals surface area (Å²) in [4.78, 5) is 13.9. The first-order chi connectivity index (χ1) is 8.60. The summed E-state index contributed by atoms with van der Waals surface area (Å²) in [5.41, 5.74) is 5.49. The number of nitrogens with zero attached hydrogens (tertiary/aromatic N) is 1. The third-order valence-corrected chi connectivity index (χ3v) is 3.83. The predicted molar refractivity (Wildman–Crippen MR) is 70.2 cm³/mol. The van der Waals surface area contributed by atoms with Gasteiger partial charge in [0.1, 0.15) is 0 Å². The number of carbonyl (C=O) groups is 1. The molecule has 2 fully saturated rings. The minimum absolute atomic E-state index is 0.225. The molecule has 1 aliphatic carbocycles. The fourth-order valence-electron chi connectivity index (χ4n) is 2.51. The molecule has 0 bridgehead atoms. The maximum Gasteiger partial charge on any atom is 0.235 e. The van der Waals surface area contributed by atoms with Gasteiger partial charge >= 0.3 is 0 Å². The maximum atomic E-state index is 11.5. The zero-order chi connectivity index (χ0) is 13.1. The molecule has 5 nitrogen and oxygen atoms in total. The summed E-state index contributed by atoms with van der Waals surface area (Å²) >= 11 is 0. The summed E-state index contributed by atoms with van der Waals surface area (Å²) in [5, 5.41) is 3.34. The molecule has 5 heteroatoms. The van der Waals surface area contributed by atoms with Crippen LogP contribution in [0.15, 0.2) is 0 Å². The van der Waals surface area contributed by atoms with Gasteiger partial charge in [-0.05, 0) is 26.2 Å². The summed E-state index contributed by atoms with van der Waals surface area (Å²) in [5.74, 6) is -0.240. The van der Waals surface area contributed by atoms with E-state index in [1.807, 2.05) is 0 Å². The number of morpholine rings is 1. The first kappa shape index (κ1) is 13.8. The second kappa shape index (κ2) is 5.99. The summed E-state index contributed by atoms with van der Waals surface area (Å²) in [6.07, 6.45) is 3.62. The highest BCUT2D eigenvalue weighted by Gasteiger charge is 2.32. The molecule has 3 atom stereocenters. The summed E-state index contributed by atoms with van der Waals surface area (Å²) in [7, 11) is 0. The number of ether oxygens (including phenoxy) is 1. The van der Waals surface area contributed by atoms with E-state index in [0.717, 1.165) is 19.6 Å². The van der Waals surface area contributed by atoms with Crippen molar-refractivity contribution in [2.75, 3.05) is 19.7 Å². The molecule has 2 rings (SSSR count). The molecule has 0 aromatic carbocycles. The molecule has 0 aromatic heterocycles. The van der Waals surface area contributed by atoms with E-state index < -0.39 is 0 Å². The van der Waals surface area contributed by atoms with Gasteiger partial charge in [-0.2, -0.15) is 0 Å². The van der Waals surface area contributed by atoms with Crippen molar-refractivity contribution in [1.82, 2.24) is 10.2 Å². The molecule has 1 amide bonds. The highest BCUT2D eigenvalue weighted by molar-refractivity contribution is 5.80. The summed E-state index contributed by atoms with van der Waals surface area (Å²) in [6.45, 7) is 6.58. The third-order valence-electron chi connectivity index (χ3n) is 3.83. The second-order valence-corrected chi connectivity index (χ2v) is 5.56. The lowest BCUT2D eigenvalue weighted by molar-refractivity contribution is -0.122. The fraction of sp³-hybridized carbons (Fsp3) is 0.923. The summed E-state index contributed by atoms with van der Waals surface area (Å²) < 4.78 is 5.67. The molecule has 0 radical (unpaired) electrons. The molecule has 0 aromatic rings. The molecule has 2 aliphatic rings. The van der Waals surface area contributed by atoms with Crippen LogP contribution < -0.4 is 11.1 Å². The minimum atomic E-state index is -0.240. The Hall–Kier alpha value is -0.650. The van der Waals surface area contributed by atoms with Crippen molar-refractivity contribution < 1.29 is 9.53 Å². The Morgan fingerprint density at radius 2 is 2.28 bits per heavy atom. The highest BCUT2D eigenvalue weighted by atomic mass is 16.5. The van der Waals surface area contributed by atoms with Crippen LogP contribution in [0, 0.1) is 0 Å². The Morgan fingerprint density at radius 1 is 1.56 bits per heavy atom. The van der Waals surface area contributed by atoms with Crippen LogP contribution in [0.4, 0.5) is 0 Å². The van der Waals surface area contributed by atoms with E-state index in [1.54, 1.807) is 0 Å². The molecule has 1 aliphatic heterocycles. The number of carbonyl (C=O) groups excluding carboxylic acids is 1. The molecule has 1 saturated carbocycles. The zero-order valence-electron chi connectivity index (χ0n) is 11.4. The quantitative estimate of drug-likeness (QED) is 0.706. The average Bonchev–Trinajstić information content (AvgIpc) is 3.12. The van der Waals surface area contributed by atoms with E-state index >= 15 is 0 Å². The Labute approximate surface area is 109 Å². The van der Waals surface area contributed by atoms with Crippen molar-refractivity contribution in [3.8, 4) is 0 Å². The largest absolute Gasteiger partial charge is 0.376 e.